The molecule has 1 N–H and O–H groups in total. The molecule has 3 nitrogen and oxygen atoms in total. The lowest BCUT2D eigenvalue weighted by atomic mass is 10.1. The van der Waals surface area contributed by atoms with Crippen LogP contribution in [0, 0.1) is 0 Å². The first-order valence-electron chi connectivity index (χ1n) is 7.38. The van der Waals surface area contributed by atoms with Gasteiger partial charge in [0.25, 0.3) is 0 Å². The molecular weight excluding hydrogens is 268 g/mol. The average molecular weight is 290 g/mol. The fourth-order valence-corrected chi connectivity index (χ4v) is 3.66. The van der Waals surface area contributed by atoms with Crippen LogP contribution in [0.5, 0.6) is 0 Å². The van der Waals surface area contributed by atoms with Gasteiger partial charge in [-0.05, 0) is 12.6 Å². The van der Waals surface area contributed by atoms with Crippen molar-refractivity contribution in [2.75, 3.05) is 31.1 Å². The minimum absolute atomic E-state index is 0.894. The van der Waals surface area contributed by atoms with Crippen LogP contribution in [0.3, 0.4) is 0 Å². The summed E-state index contributed by atoms with van der Waals surface area (Å²) in [6, 6.07) is 8.38. The summed E-state index contributed by atoms with van der Waals surface area (Å²) in [6.45, 7) is 7.30. The van der Waals surface area contributed by atoms with Gasteiger partial charge in [0.2, 0.25) is 0 Å². The zero-order valence-electron chi connectivity index (χ0n) is 12.0. The Bertz CT molecular complexity index is 561. The predicted molar refractivity (Wildman–Crippen MR) is 86.2 cm³/mol. The first kappa shape index (κ1) is 14.0. The molecule has 1 aliphatic rings. The van der Waals surface area contributed by atoms with Crippen LogP contribution in [-0.2, 0) is 13.1 Å². The number of nitrogens with zero attached hydrogens (tertiary/aromatic N) is 1. The molecule has 0 bridgehead atoms. The third-order valence-corrected chi connectivity index (χ3v) is 4.75. The van der Waals surface area contributed by atoms with Crippen molar-refractivity contribution in [1.29, 1.82) is 0 Å². The van der Waals surface area contributed by atoms with E-state index < -0.39 is 0 Å². The zero-order chi connectivity index (χ0) is 13.8. The number of furan rings is 1. The summed E-state index contributed by atoms with van der Waals surface area (Å²) >= 11 is 2.05. The molecule has 1 aromatic carbocycles. The van der Waals surface area contributed by atoms with Crippen LogP contribution >= 0.6 is 11.8 Å². The molecule has 1 fully saturated rings. The maximum atomic E-state index is 6.11. The van der Waals surface area contributed by atoms with Crippen molar-refractivity contribution < 1.29 is 4.42 Å². The smallest absolute Gasteiger partial charge is 0.134 e. The number of hydrogen-bond donors (Lipinski definition) is 1. The van der Waals surface area contributed by atoms with Gasteiger partial charge in [0.15, 0.2) is 0 Å². The molecule has 108 valence electrons. The van der Waals surface area contributed by atoms with Crippen LogP contribution in [-0.4, -0.2) is 36.0 Å². The molecule has 3 rings (SSSR count). The van der Waals surface area contributed by atoms with Crippen molar-refractivity contribution in [3.05, 3.63) is 35.6 Å². The highest BCUT2D eigenvalue weighted by Crippen LogP contribution is 2.27. The molecule has 0 saturated carbocycles. The van der Waals surface area contributed by atoms with Crippen LogP contribution in [0.25, 0.3) is 11.0 Å². The lowest BCUT2D eigenvalue weighted by molar-refractivity contribution is 0.269. The van der Waals surface area contributed by atoms with E-state index in [1.807, 2.05) is 17.8 Å². The Labute approximate surface area is 124 Å². The molecule has 2 aromatic rings. The van der Waals surface area contributed by atoms with Crippen molar-refractivity contribution in [2.24, 2.45) is 0 Å². The van der Waals surface area contributed by atoms with Gasteiger partial charge in [-0.15, -0.1) is 0 Å². The molecule has 0 amide bonds. The van der Waals surface area contributed by atoms with Crippen LogP contribution in [0.1, 0.15) is 18.2 Å². The van der Waals surface area contributed by atoms with Gasteiger partial charge in [0.05, 0.1) is 6.54 Å². The maximum absolute atomic E-state index is 6.11. The van der Waals surface area contributed by atoms with E-state index in [4.69, 9.17) is 4.42 Å². The summed E-state index contributed by atoms with van der Waals surface area (Å²) in [4.78, 5) is 2.50. The third-order valence-electron chi connectivity index (χ3n) is 3.80. The summed E-state index contributed by atoms with van der Waals surface area (Å²) < 4.78 is 6.11. The monoisotopic (exact) mass is 290 g/mol. The summed E-state index contributed by atoms with van der Waals surface area (Å²) in [5.41, 5.74) is 2.35. The van der Waals surface area contributed by atoms with E-state index in [-0.39, 0.29) is 0 Å². The van der Waals surface area contributed by atoms with E-state index in [1.54, 1.807) is 0 Å². The summed E-state index contributed by atoms with van der Waals surface area (Å²) in [5.74, 6) is 3.62. The average Bonchev–Trinajstić information content (AvgIpc) is 2.83. The van der Waals surface area contributed by atoms with E-state index in [0.29, 0.717) is 0 Å². The number of hydrogen-bond acceptors (Lipinski definition) is 4. The number of thioether (sulfide) groups is 1. The molecule has 4 heteroatoms. The standard InChI is InChI=1S/C16H22N2OS/c1-2-17-11-14-13-5-3-4-6-15(13)19-16(14)12-18-7-9-20-10-8-18/h3-6,17H,2,7-12H2,1H3. The molecule has 20 heavy (non-hydrogen) atoms. The highest BCUT2D eigenvalue weighted by molar-refractivity contribution is 7.99. The Morgan fingerprint density at radius 3 is 2.85 bits per heavy atom. The Hall–Kier alpha value is -0.970. The Balaban J connectivity index is 1.87. The Morgan fingerprint density at radius 1 is 1.25 bits per heavy atom. The lowest BCUT2D eigenvalue weighted by Gasteiger charge is -2.25. The van der Waals surface area contributed by atoms with Crippen molar-refractivity contribution in [3.8, 4) is 0 Å². The minimum atomic E-state index is 0.894. The second kappa shape index (κ2) is 6.66. The summed E-state index contributed by atoms with van der Waals surface area (Å²) in [7, 11) is 0. The number of benzene rings is 1. The third kappa shape index (κ3) is 3.03. The zero-order valence-corrected chi connectivity index (χ0v) is 12.8. The van der Waals surface area contributed by atoms with Crippen molar-refractivity contribution >= 4 is 22.7 Å². The lowest BCUT2D eigenvalue weighted by Crippen LogP contribution is -2.32. The number of fused-ring (bicyclic) bond motifs is 1. The van der Waals surface area contributed by atoms with Crippen molar-refractivity contribution in [3.63, 3.8) is 0 Å². The normalized spacial score (nSPS) is 16.9. The second-order valence-electron chi connectivity index (χ2n) is 5.17. The van der Waals surface area contributed by atoms with E-state index in [0.717, 1.165) is 31.0 Å². The highest BCUT2D eigenvalue weighted by atomic mass is 32.2. The highest BCUT2D eigenvalue weighted by Gasteiger charge is 2.18. The fraction of sp³-hybridized carbons (Fsp3) is 0.500. The first-order chi connectivity index (χ1) is 9.88. The predicted octanol–water partition coefficient (Wildman–Crippen LogP) is 3.09. The summed E-state index contributed by atoms with van der Waals surface area (Å²) in [6.07, 6.45) is 0. The Morgan fingerprint density at radius 2 is 2.05 bits per heavy atom. The molecule has 0 spiro atoms. The molecule has 1 aliphatic heterocycles. The quantitative estimate of drug-likeness (QED) is 0.916. The van der Waals surface area contributed by atoms with Crippen LogP contribution in [0.15, 0.2) is 28.7 Å². The number of nitrogens with one attached hydrogen (secondary N) is 1. The molecule has 0 radical (unpaired) electrons. The fourth-order valence-electron chi connectivity index (χ4n) is 2.68. The molecule has 2 heterocycles. The van der Waals surface area contributed by atoms with E-state index in [1.165, 1.54) is 35.5 Å². The summed E-state index contributed by atoms with van der Waals surface area (Å²) in [5, 5.41) is 4.70. The van der Waals surface area contributed by atoms with Gasteiger partial charge in [-0.3, -0.25) is 4.90 Å². The van der Waals surface area contributed by atoms with Crippen LogP contribution in [0.2, 0.25) is 0 Å². The minimum Gasteiger partial charge on any atom is -0.459 e. The number of rotatable bonds is 5. The van der Waals surface area contributed by atoms with Gasteiger partial charge in [-0.2, -0.15) is 11.8 Å². The Kier molecular flexibility index (Phi) is 4.65. The van der Waals surface area contributed by atoms with Crippen LogP contribution in [0.4, 0.5) is 0 Å². The largest absolute Gasteiger partial charge is 0.459 e. The second-order valence-corrected chi connectivity index (χ2v) is 6.39. The molecule has 1 saturated heterocycles. The van der Waals surface area contributed by atoms with E-state index in [2.05, 4.69) is 35.3 Å². The van der Waals surface area contributed by atoms with E-state index in [9.17, 15) is 0 Å². The molecule has 0 atom stereocenters. The van der Waals surface area contributed by atoms with Gasteiger partial charge in [0, 0.05) is 42.1 Å². The van der Waals surface area contributed by atoms with Crippen molar-refractivity contribution in [2.45, 2.75) is 20.0 Å². The van der Waals surface area contributed by atoms with Gasteiger partial charge in [0.1, 0.15) is 11.3 Å². The molecule has 0 unspecified atom stereocenters. The van der Waals surface area contributed by atoms with E-state index >= 15 is 0 Å². The number of para-hydroxylation sites is 1. The van der Waals surface area contributed by atoms with Gasteiger partial charge in [-0.1, -0.05) is 25.1 Å². The molecular formula is C16H22N2OS. The maximum Gasteiger partial charge on any atom is 0.134 e. The van der Waals surface area contributed by atoms with Crippen molar-refractivity contribution in [1.82, 2.24) is 10.2 Å². The van der Waals surface area contributed by atoms with Gasteiger partial charge >= 0.3 is 0 Å². The van der Waals surface area contributed by atoms with Gasteiger partial charge in [-0.25, -0.2) is 0 Å². The van der Waals surface area contributed by atoms with Gasteiger partial charge < -0.3 is 9.73 Å². The van der Waals surface area contributed by atoms with Crippen LogP contribution < -0.4 is 5.32 Å². The molecule has 0 aliphatic carbocycles. The first-order valence-corrected chi connectivity index (χ1v) is 8.54. The molecule has 1 aromatic heterocycles. The topological polar surface area (TPSA) is 28.4 Å². The SMILES string of the molecule is CCNCc1c(CN2CCSCC2)oc2ccccc12.